The summed E-state index contributed by atoms with van der Waals surface area (Å²) in [4.78, 5) is 16.0. The van der Waals surface area contributed by atoms with Gasteiger partial charge in [-0.25, -0.2) is 9.48 Å². The molecule has 0 saturated carbocycles. The van der Waals surface area contributed by atoms with Crippen LogP contribution in [0.5, 0.6) is 0 Å². The molecule has 0 aliphatic carbocycles. The molecule has 0 N–H and O–H groups in total. The van der Waals surface area contributed by atoms with Crippen molar-refractivity contribution in [2.45, 2.75) is 0 Å². The lowest BCUT2D eigenvalue weighted by molar-refractivity contribution is 0.0606. The Balaban J connectivity index is 2.04. The Morgan fingerprint density at radius 3 is 3.06 bits per heavy atom. The van der Waals surface area contributed by atoms with E-state index < -0.39 is 0 Å². The van der Waals surface area contributed by atoms with Crippen LogP contribution in [0.4, 0.5) is 0 Å². The zero-order valence-electron chi connectivity index (χ0n) is 9.53. The van der Waals surface area contributed by atoms with Crippen molar-refractivity contribution in [3.05, 3.63) is 41.7 Å². The van der Waals surface area contributed by atoms with Gasteiger partial charge in [0.15, 0.2) is 0 Å². The highest BCUT2D eigenvalue weighted by Gasteiger charge is 2.13. The van der Waals surface area contributed by atoms with E-state index in [0.717, 1.165) is 15.9 Å². The third kappa shape index (κ3) is 1.76. The van der Waals surface area contributed by atoms with Gasteiger partial charge in [-0.05, 0) is 18.2 Å². The Bertz CT molecular complexity index is 671. The van der Waals surface area contributed by atoms with Crippen LogP contribution in [-0.2, 0) is 4.74 Å². The van der Waals surface area contributed by atoms with Gasteiger partial charge in [0.05, 0.1) is 23.7 Å². The van der Waals surface area contributed by atoms with Gasteiger partial charge in [-0.2, -0.15) is 5.10 Å². The van der Waals surface area contributed by atoms with E-state index in [2.05, 4.69) is 14.8 Å². The van der Waals surface area contributed by atoms with Crippen LogP contribution in [-0.4, -0.2) is 27.8 Å². The number of pyridine rings is 1. The Hall–Kier alpha value is -2.21. The molecule has 0 amide bonds. The minimum absolute atomic E-state index is 0.328. The van der Waals surface area contributed by atoms with Crippen LogP contribution in [0, 0.1) is 0 Å². The highest BCUT2D eigenvalue weighted by Crippen LogP contribution is 2.26. The van der Waals surface area contributed by atoms with Gasteiger partial charge < -0.3 is 4.74 Å². The molecule has 0 aliphatic rings. The number of carbonyl (C=O) groups is 1. The number of aromatic nitrogens is 3. The number of hydrogen-bond donors (Lipinski definition) is 0. The Morgan fingerprint density at radius 2 is 2.39 bits per heavy atom. The van der Waals surface area contributed by atoms with Crippen molar-refractivity contribution in [2.24, 2.45) is 0 Å². The number of carbonyl (C=O) groups excluding carboxylic acids is 1. The number of ether oxygens (including phenoxy) is 1. The van der Waals surface area contributed by atoms with Crippen LogP contribution in [0.25, 0.3) is 15.9 Å². The maximum atomic E-state index is 11.4. The first-order valence-corrected chi connectivity index (χ1v) is 6.07. The molecular formula is C12H9N3O2S. The lowest BCUT2D eigenvalue weighted by Gasteiger charge is -1.98. The largest absolute Gasteiger partial charge is 0.465 e. The fourth-order valence-electron chi connectivity index (χ4n) is 1.64. The minimum Gasteiger partial charge on any atom is -0.465 e. The fourth-order valence-corrected chi connectivity index (χ4v) is 2.58. The van der Waals surface area contributed by atoms with E-state index in [1.165, 1.54) is 18.4 Å². The number of fused-ring (bicyclic) bond motifs is 1. The van der Waals surface area contributed by atoms with Crippen LogP contribution in [0.1, 0.15) is 9.67 Å². The van der Waals surface area contributed by atoms with Crippen molar-refractivity contribution in [3.63, 3.8) is 0 Å². The van der Waals surface area contributed by atoms with Gasteiger partial charge in [0.2, 0.25) is 0 Å². The van der Waals surface area contributed by atoms with Gasteiger partial charge in [-0.1, -0.05) is 0 Å². The van der Waals surface area contributed by atoms with Crippen molar-refractivity contribution >= 4 is 27.5 Å². The zero-order chi connectivity index (χ0) is 12.5. The second-order valence-corrected chi connectivity index (χ2v) is 4.72. The summed E-state index contributed by atoms with van der Waals surface area (Å²) in [6.07, 6.45) is 5.33. The summed E-state index contributed by atoms with van der Waals surface area (Å²) in [6.45, 7) is 0. The molecule has 90 valence electrons. The molecular weight excluding hydrogens is 250 g/mol. The van der Waals surface area contributed by atoms with E-state index in [9.17, 15) is 4.79 Å². The molecule has 0 saturated heterocycles. The highest BCUT2D eigenvalue weighted by atomic mass is 32.1. The molecule has 18 heavy (non-hydrogen) atoms. The third-order valence-corrected chi connectivity index (χ3v) is 3.53. The van der Waals surface area contributed by atoms with Crippen LogP contribution < -0.4 is 0 Å². The molecule has 3 aromatic heterocycles. The molecule has 6 heteroatoms. The van der Waals surface area contributed by atoms with E-state index in [0.29, 0.717) is 4.88 Å². The molecule has 0 aliphatic heterocycles. The second kappa shape index (κ2) is 4.23. The topological polar surface area (TPSA) is 57.0 Å². The van der Waals surface area contributed by atoms with Crippen molar-refractivity contribution in [1.29, 1.82) is 0 Å². The molecule has 3 heterocycles. The fraction of sp³-hybridized carbons (Fsp3) is 0.0833. The Kier molecular flexibility index (Phi) is 2.56. The molecule has 3 aromatic rings. The summed E-state index contributed by atoms with van der Waals surface area (Å²) in [5.74, 6) is -0.328. The summed E-state index contributed by atoms with van der Waals surface area (Å²) in [5.41, 5.74) is 1.67. The van der Waals surface area contributed by atoms with Crippen molar-refractivity contribution in [2.75, 3.05) is 7.11 Å². The number of rotatable bonds is 2. The Morgan fingerprint density at radius 1 is 1.50 bits per heavy atom. The minimum atomic E-state index is -0.328. The predicted molar refractivity (Wildman–Crippen MR) is 68.1 cm³/mol. The lowest BCUT2D eigenvalue weighted by Crippen LogP contribution is -1.97. The monoisotopic (exact) mass is 259 g/mol. The predicted octanol–water partition coefficient (Wildman–Crippen LogP) is 2.27. The van der Waals surface area contributed by atoms with Crippen molar-refractivity contribution in [3.8, 4) is 5.69 Å². The Labute approximate surface area is 107 Å². The van der Waals surface area contributed by atoms with Gasteiger partial charge in [-0.3, -0.25) is 4.98 Å². The standard InChI is InChI=1S/C12H9N3O2S/c1-17-12(16)10-5-9-11(18-10)7-15(14-9)8-3-2-4-13-6-8/h2-7H,1H3. The maximum absolute atomic E-state index is 11.4. The molecule has 0 spiro atoms. The smallest absolute Gasteiger partial charge is 0.348 e. The number of thiophene rings is 1. The summed E-state index contributed by atoms with van der Waals surface area (Å²) in [6, 6.07) is 5.51. The molecule has 5 nitrogen and oxygen atoms in total. The van der Waals surface area contributed by atoms with Crippen molar-refractivity contribution in [1.82, 2.24) is 14.8 Å². The molecule has 0 radical (unpaired) electrons. The van der Waals surface area contributed by atoms with Gasteiger partial charge in [-0.15, -0.1) is 11.3 Å². The molecule has 0 aromatic carbocycles. The summed E-state index contributed by atoms with van der Waals surface area (Å²) >= 11 is 1.37. The van der Waals surface area contributed by atoms with Crippen LogP contribution in [0.15, 0.2) is 36.8 Å². The number of esters is 1. The first kappa shape index (κ1) is 10.9. The molecule has 3 rings (SSSR count). The summed E-state index contributed by atoms with van der Waals surface area (Å²) in [7, 11) is 1.37. The quantitative estimate of drug-likeness (QED) is 0.662. The molecule has 0 fully saturated rings. The average molecular weight is 259 g/mol. The van der Waals surface area contributed by atoms with Gasteiger partial charge in [0, 0.05) is 12.4 Å². The van der Waals surface area contributed by atoms with Crippen LogP contribution in [0.2, 0.25) is 0 Å². The highest BCUT2D eigenvalue weighted by molar-refractivity contribution is 7.20. The van der Waals surface area contributed by atoms with E-state index in [-0.39, 0.29) is 5.97 Å². The molecule has 0 unspecified atom stereocenters. The third-order valence-electron chi connectivity index (χ3n) is 2.49. The SMILES string of the molecule is COC(=O)c1cc2nn(-c3cccnc3)cc2s1. The van der Waals surface area contributed by atoms with E-state index in [1.807, 2.05) is 18.3 Å². The second-order valence-electron chi connectivity index (χ2n) is 3.64. The zero-order valence-corrected chi connectivity index (χ0v) is 10.3. The number of hydrogen-bond acceptors (Lipinski definition) is 5. The lowest BCUT2D eigenvalue weighted by atomic mass is 10.4. The number of methoxy groups -OCH3 is 1. The van der Waals surface area contributed by atoms with Crippen LogP contribution >= 0.6 is 11.3 Å². The molecule has 0 atom stereocenters. The van der Waals surface area contributed by atoms with E-state index in [1.54, 1.807) is 23.1 Å². The van der Waals surface area contributed by atoms with Gasteiger partial charge in [0.1, 0.15) is 10.4 Å². The summed E-state index contributed by atoms with van der Waals surface area (Å²) < 4.78 is 7.37. The first-order valence-electron chi connectivity index (χ1n) is 5.26. The summed E-state index contributed by atoms with van der Waals surface area (Å²) in [5, 5.41) is 4.40. The van der Waals surface area contributed by atoms with Crippen LogP contribution in [0.3, 0.4) is 0 Å². The van der Waals surface area contributed by atoms with E-state index >= 15 is 0 Å². The maximum Gasteiger partial charge on any atom is 0.348 e. The van der Waals surface area contributed by atoms with Gasteiger partial charge >= 0.3 is 5.97 Å². The molecule has 0 bridgehead atoms. The number of nitrogens with zero attached hydrogens (tertiary/aromatic N) is 3. The van der Waals surface area contributed by atoms with Gasteiger partial charge in [0.25, 0.3) is 0 Å². The average Bonchev–Trinajstić information content (AvgIpc) is 2.97. The normalized spacial score (nSPS) is 10.7. The van der Waals surface area contributed by atoms with E-state index in [4.69, 9.17) is 0 Å². The van der Waals surface area contributed by atoms with Crippen molar-refractivity contribution < 1.29 is 9.53 Å². The first-order chi connectivity index (χ1) is 8.78.